The molecule has 3 rings (SSSR count). The molecule has 2 aromatic rings. The number of allylic oxidation sites excluding steroid dienone is 2. The molecule has 114 valence electrons. The maximum Gasteiger partial charge on any atom is 0.0898 e. The van der Waals surface area contributed by atoms with E-state index in [0.29, 0.717) is 0 Å². The summed E-state index contributed by atoms with van der Waals surface area (Å²) in [6.07, 6.45) is 8.57. The maximum atomic E-state index is 4.60. The van der Waals surface area contributed by atoms with Crippen LogP contribution in [0.25, 0.3) is 0 Å². The molecule has 0 aliphatic carbocycles. The molecule has 0 saturated heterocycles. The van der Waals surface area contributed by atoms with Crippen LogP contribution in [0.3, 0.4) is 0 Å². The highest BCUT2D eigenvalue weighted by atomic mass is 79.9. The number of rotatable bonds is 3. The molecule has 0 N–H and O–H groups in total. The Kier molecular flexibility index (Phi) is 5.56. The van der Waals surface area contributed by atoms with Gasteiger partial charge in [0.2, 0.25) is 0 Å². The molecule has 2 nitrogen and oxygen atoms in total. The average molecular weight is 357 g/mol. The van der Waals surface area contributed by atoms with Crippen LogP contribution < -0.4 is 0 Å². The van der Waals surface area contributed by atoms with Crippen molar-refractivity contribution in [1.82, 2.24) is 9.88 Å². The Labute approximate surface area is 143 Å². The van der Waals surface area contributed by atoms with Crippen molar-refractivity contribution in [3.05, 3.63) is 89.4 Å². The predicted molar refractivity (Wildman–Crippen MR) is 96.9 cm³/mol. The van der Waals surface area contributed by atoms with Crippen molar-refractivity contribution in [3.63, 3.8) is 0 Å². The van der Waals surface area contributed by atoms with Crippen molar-refractivity contribution in [2.45, 2.75) is 26.4 Å². The smallest absolute Gasteiger partial charge is 0.0898 e. The highest BCUT2D eigenvalue weighted by Crippen LogP contribution is 2.28. The van der Waals surface area contributed by atoms with Crippen LogP contribution in [0.15, 0.2) is 72.6 Å². The third kappa shape index (κ3) is 3.86. The first-order valence-corrected chi connectivity index (χ1v) is 7.31. The van der Waals surface area contributed by atoms with Crippen LogP contribution in [0.5, 0.6) is 0 Å². The molecule has 1 atom stereocenters. The molecule has 1 aliphatic heterocycles. The minimum Gasteiger partial charge on any atom is -0.361 e. The maximum absolute atomic E-state index is 4.60. The minimum atomic E-state index is 0. The standard InChI is InChI=1S/C19H20N2.BrH/c1-15-8-10-18(20-12-15)19-11-9-16(2)13-21(19)14-17-6-4-3-5-7-17;/h3-13,19H,14H2,1-2H3;1H. The van der Waals surface area contributed by atoms with E-state index in [2.05, 4.69) is 84.5 Å². The molecular formula is C19H21BrN2. The van der Waals surface area contributed by atoms with Crippen LogP contribution in [0, 0.1) is 6.92 Å². The van der Waals surface area contributed by atoms with E-state index in [0.717, 1.165) is 12.2 Å². The van der Waals surface area contributed by atoms with Crippen molar-refractivity contribution >= 4 is 17.0 Å². The van der Waals surface area contributed by atoms with E-state index in [1.807, 2.05) is 6.20 Å². The second-order valence-electron chi connectivity index (χ2n) is 5.60. The summed E-state index contributed by atoms with van der Waals surface area (Å²) in [7, 11) is 0. The Morgan fingerprint density at radius 3 is 2.50 bits per heavy atom. The fraction of sp³-hybridized carbons (Fsp3) is 0.211. The minimum absolute atomic E-state index is 0. The summed E-state index contributed by atoms with van der Waals surface area (Å²) in [4.78, 5) is 6.95. The number of hydrogen-bond donors (Lipinski definition) is 0. The molecule has 3 heteroatoms. The van der Waals surface area contributed by atoms with E-state index in [1.165, 1.54) is 16.7 Å². The molecule has 1 aromatic carbocycles. The molecule has 0 amide bonds. The van der Waals surface area contributed by atoms with Crippen LogP contribution in [-0.4, -0.2) is 9.88 Å². The molecular weight excluding hydrogens is 336 g/mol. The van der Waals surface area contributed by atoms with Gasteiger partial charge in [-0.1, -0.05) is 48.6 Å². The third-order valence-corrected chi connectivity index (χ3v) is 3.71. The third-order valence-electron chi connectivity index (χ3n) is 3.71. The Morgan fingerprint density at radius 2 is 1.82 bits per heavy atom. The van der Waals surface area contributed by atoms with Crippen LogP contribution in [0.1, 0.15) is 29.8 Å². The molecule has 2 heterocycles. The molecule has 0 saturated carbocycles. The van der Waals surface area contributed by atoms with Crippen LogP contribution >= 0.6 is 17.0 Å². The molecule has 1 aliphatic rings. The van der Waals surface area contributed by atoms with Gasteiger partial charge in [-0.05, 0) is 36.6 Å². The Bertz CT molecular complexity index is 660. The monoisotopic (exact) mass is 356 g/mol. The fourth-order valence-electron chi connectivity index (χ4n) is 2.60. The predicted octanol–water partition coefficient (Wildman–Crippen LogP) is 4.98. The molecule has 0 fully saturated rings. The second-order valence-corrected chi connectivity index (χ2v) is 5.60. The summed E-state index contributed by atoms with van der Waals surface area (Å²) >= 11 is 0. The lowest BCUT2D eigenvalue weighted by Crippen LogP contribution is -2.25. The summed E-state index contributed by atoms with van der Waals surface area (Å²) in [6, 6.07) is 15.0. The first-order chi connectivity index (χ1) is 10.2. The van der Waals surface area contributed by atoms with Crippen LogP contribution in [0.2, 0.25) is 0 Å². The van der Waals surface area contributed by atoms with E-state index < -0.39 is 0 Å². The van der Waals surface area contributed by atoms with Crippen LogP contribution in [0.4, 0.5) is 0 Å². The van der Waals surface area contributed by atoms with Gasteiger partial charge in [-0.15, -0.1) is 17.0 Å². The van der Waals surface area contributed by atoms with Gasteiger partial charge in [0, 0.05) is 18.9 Å². The summed E-state index contributed by atoms with van der Waals surface area (Å²) in [5, 5.41) is 0. The average Bonchev–Trinajstić information content (AvgIpc) is 2.50. The van der Waals surface area contributed by atoms with Gasteiger partial charge < -0.3 is 4.90 Å². The van der Waals surface area contributed by atoms with E-state index in [4.69, 9.17) is 0 Å². The first-order valence-electron chi connectivity index (χ1n) is 7.31. The largest absolute Gasteiger partial charge is 0.361 e. The Balaban J connectivity index is 0.00000176. The van der Waals surface area contributed by atoms with Gasteiger partial charge in [0.05, 0.1) is 11.7 Å². The van der Waals surface area contributed by atoms with Crippen molar-refractivity contribution < 1.29 is 0 Å². The van der Waals surface area contributed by atoms with Gasteiger partial charge in [-0.25, -0.2) is 0 Å². The first kappa shape index (κ1) is 16.5. The zero-order valence-corrected chi connectivity index (χ0v) is 14.7. The summed E-state index contributed by atoms with van der Waals surface area (Å²) in [5.41, 5.74) is 4.87. The van der Waals surface area contributed by atoms with Crippen molar-refractivity contribution in [3.8, 4) is 0 Å². The number of hydrogen-bond acceptors (Lipinski definition) is 2. The van der Waals surface area contributed by atoms with Crippen molar-refractivity contribution in [2.24, 2.45) is 0 Å². The van der Waals surface area contributed by atoms with Crippen LogP contribution in [-0.2, 0) is 6.54 Å². The van der Waals surface area contributed by atoms with Gasteiger partial charge >= 0.3 is 0 Å². The lowest BCUT2D eigenvalue weighted by molar-refractivity contribution is 0.305. The zero-order chi connectivity index (χ0) is 14.7. The van der Waals surface area contributed by atoms with Gasteiger partial charge in [0.25, 0.3) is 0 Å². The SMILES string of the molecule is Br.CC1=CN(Cc2ccccc2)C(c2ccc(C)cn2)C=C1. The summed E-state index contributed by atoms with van der Waals surface area (Å²) in [6.45, 7) is 5.09. The molecule has 0 radical (unpaired) electrons. The van der Waals surface area contributed by atoms with Gasteiger partial charge in [0.15, 0.2) is 0 Å². The van der Waals surface area contributed by atoms with Crippen molar-refractivity contribution in [2.75, 3.05) is 0 Å². The van der Waals surface area contributed by atoms with Gasteiger partial charge in [-0.3, -0.25) is 4.98 Å². The molecule has 0 bridgehead atoms. The summed E-state index contributed by atoms with van der Waals surface area (Å²) < 4.78 is 0. The van der Waals surface area contributed by atoms with E-state index >= 15 is 0 Å². The number of pyridine rings is 1. The van der Waals surface area contributed by atoms with Gasteiger partial charge in [-0.2, -0.15) is 0 Å². The number of aromatic nitrogens is 1. The Morgan fingerprint density at radius 1 is 1.05 bits per heavy atom. The molecule has 1 unspecified atom stereocenters. The fourth-order valence-corrected chi connectivity index (χ4v) is 2.60. The number of nitrogens with zero attached hydrogens (tertiary/aromatic N) is 2. The zero-order valence-electron chi connectivity index (χ0n) is 12.9. The topological polar surface area (TPSA) is 16.1 Å². The number of benzene rings is 1. The summed E-state index contributed by atoms with van der Waals surface area (Å²) in [5.74, 6) is 0. The highest BCUT2D eigenvalue weighted by molar-refractivity contribution is 8.93. The lowest BCUT2D eigenvalue weighted by Gasteiger charge is -2.31. The van der Waals surface area contributed by atoms with Crippen molar-refractivity contribution in [1.29, 1.82) is 0 Å². The quantitative estimate of drug-likeness (QED) is 0.770. The lowest BCUT2D eigenvalue weighted by atomic mass is 10.0. The second kappa shape index (κ2) is 7.41. The van der Waals surface area contributed by atoms with E-state index in [1.54, 1.807) is 0 Å². The number of halogens is 1. The van der Waals surface area contributed by atoms with E-state index in [-0.39, 0.29) is 23.0 Å². The Hall–Kier alpha value is -1.87. The van der Waals surface area contributed by atoms with E-state index in [9.17, 15) is 0 Å². The molecule has 1 aromatic heterocycles. The van der Waals surface area contributed by atoms with Gasteiger partial charge in [0.1, 0.15) is 0 Å². The highest BCUT2D eigenvalue weighted by Gasteiger charge is 2.19. The number of aryl methyl sites for hydroxylation is 1. The molecule has 22 heavy (non-hydrogen) atoms. The molecule has 0 spiro atoms. The normalized spacial score (nSPS) is 16.9.